The van der Waals surface area contributed by atoms with E-state index in [1.165, 1.54) is 40.4 Å². The van der Waals surface area contributed by atoms with E-state index in [-0.39, 0.29) is 41.2 Å². The molecule has 440 valence electrons. The van der Waals surface area contributed by atoms with E-state index >= 15 is 0 Å². The van der Waals surface area contributed by atoms with Crippen molar-refractivity contribution in [2.75, 3.05) is 14.2 Å². The summed E-state index contributed by atoms with van der Waals surface area (Å²) in [7, 11) is 3.14. The highest BCUT2D eigenvalue weighted by molar-refractivity contribution is 5.71. The monoisotopic (exact) mass is 1160 g/mol. The molecule has 4 aliphatic heterocycles. The second kappa shape index (κ2) is 24.2. The van der Waals surface area contributed by atoms with Gasteiger partial charge in [0.25, 0.3) is 0 Å². The van der Waals surface area contributed by atoms with Crippen LogP contribution < -0.4 is 28.4 Å². The number of benzene rings is 8. The van der Waals surface area contributed by atoms with Gasteiger partial charge in [-0.3, -0.25) is 0 Å². The van der Waals surface area contributed by atoms with Crippen LogP contribution in [0.4, 0.5) is 43.9 Å². The minimum atomic E-state index is -3.35. The van der Waals surface area contributed by atoms with E-state index in [4.69, 9.17) is 18.9 Å². The third-order valence-corrected chi connectivity index (χ3v) is 15.4. The van der Waals surface area contributed by atoms with Gasteiger partial charge in [0.05, 0.1) is 37.9 Å². The minimum Gasteiger partial charge on any atom is -0.497 e. The lowest BCUT2D eigenvalue weighted by Crippen LogP contribution is -2.38. The second-order valence-electron chi connectivity index (χ2n) is 21.7. The Hall–Kier alpha value is -8.14. The Morgan fingerprint density at radius 2 is 0.619 bits per heavy atom. The summed E-state index contributed by atoms with van der Waals surface area (Å²) in [6.45, 7) is 9.74. The van der Waals surface area contributed by atoms with Crippen LogP contribution in [0.2, 0.25) is 0 Å². The van der Waals surface area contributed by atoms with E-state index in [2.05, 4.69) is 9.47 Å². The molecule has 8 aromatic rings. The van der Waals surface area contributed by atoms with Gasteiger partial charge in [-0.25, -0.2) is 8.78 Å². The van der Waals surface area contributed by atoms with Gasteiger partial charge in [0.2, 0.25) is 0 Å². The van der Waals surface area contributed by atoms with Crippen molar-refractivity contribution in [3.8, 4) is 79.0 Å². The number of fused-ring (bicyclic) bond motifs is 4. The van der Waals surface area contributed by atoms with Crippen molar-refractivity contribution in [2.24, 2.45) is 23.7 Å². The standard InChI is InChI=1S/C17H15F3O2.C17H15F3O.C17H16F2O2.C17H16F2O/c1-10-9-12-5-8-14(11-3-6-13(21-2)7-4-11)15(18)16(12)22-17(10,19)20;1-10-3-5-12(6-4-10)14-8-7-13-9-11(2)17(19,20)21-16(13)15(14)18;1-11-9-14-4-3-13(10-16(14)21-17(11,18)19)12-5-7-15(20-2)8-6-12;1-11-3-5-13(6-4-11)14-7-8-15-9-12(2)17(18,19)20-16(15)10-14/h3-8,10H,9H2,1-2H3;3-8,11H,9H2,1-2H3;3-8,10-11H,9H2,1-2H3;3-8,10,12H,9H2,1-2H3. The fourth-order valence-electron chi connectivity index (χ4n) is 9.97. The molecule has 16 heteroatoms. The summed E-state index contributed by atoms with van der Waals surface area (Å²) in [5.74, 6) is -3.73. The van der Waals surface area contributed by atoms with Gasteiger partial charge in [-0.1, -0.05) is 160 Å². The Labute approximate surface area is 481 Å². The molecule has 0 radical (unpaired) electrons. The first-order valence-electron chi connectivity index (χ1n) is 27.3. The maximum absolute atomic E-state index is 14.6. The number of halogens is 10. The fourth-order valence-corrected chi connectivity index (χ4v) is 9.97. The topological polar surface area (TPSA) is 55.4 Å². The van der Waals surface area contributed by atoms with Crippen LogP contribution in [0.5, 0.6) is 34.5 Å². The molecule has 4 unspecified atom stereocenters. The fraction of sp³-hybridized carbons (Fsp3) is 0.294. The lowest BCUT2D eigenvalue weighted by Gasteiger charge is -2.31. The zero-order valence-corrected chi connectivity index (χ0v) is 47.4. The van der Waals surface area contributed by atoms with Crippen molar-refractivity contribution in [1.29, 1.82) is 0 Å². The number of hydrogen-bond donors (Lipinski definition) is 0. The number of rotatable bonds is 6. The molecule has 0 aromatic heterocycles. The van der Waals surface area contributed by atoms with Crippen LogP contribution in [0, 0.1) is 49.2 Å². The number of alkyl halides is 8. The lowest BCUT2D eigenvalue weighted by molar-refractivity contribution is -0.220. The molecule has 84 heavy (non-hydrogen) atoms. The van der Waals surface area contributed by atoms with E-state index in [0.29, 0.717) is 46.6 Å². The molecule has 0 N–H and O–H groups in total. The number of hydrogen-bond acceptors (Lipinski definition) is 6. The molecule has 4 atom stereocenters. The van der Waals surface area contributed by atoms with Crippen LogP contribution in [0.3, 0.4) is 0 Å². The number of methoxy groups -OCH3 is 2. The highest BCUT2D eigenvalue weighted by Crippen LogP contribution is 2.46. The summed E-state index contributed by atoms with van der Waals surface area (Å²) in [6, 6.07) is 47.0. The first kappa shape index (κ1) is 60.5. The van der Waals surface area contributed by atoms with Crippen molar-refractivity contribution in [1.82, 2.24) is 0 Å². The zero-order chi connectivity index (χ0) is 60.5. The van der Waals surface area contributed by atoms with Gasteiger partial charge >= 0.3 is 24.4 Å². The first-order chi connectivity index (χ1) is 39.7. The normalized spacial score (nSPS) is 19.6. The second-order valence-corrected chi connectivity index (χ2v) is 21.7. The molecule has 0 saturated heterocycles. The molecule has 0 amide bonds. The highest BCUT2D eigenvalue weighted by atomic mass is 19.3. The molecule has 0 spiro atoms. The molecular weight excluding hydrogens is 1100 g/mol. The summed E-state index contributed by atoms with van der Waals surface area (Å²) in [4.78, 5) is 0. The summed E-state index contributed by atoms with van der Waals surface area (Å²) < 4.78 is 168. The quantitative estimate of drug-likeness (QED) is 0.155. The summed E-state index contributed by atoms with van der Waals surface area (Å²) in [5.41, 5.74) is 10.3. The third-order valence-electron chi connectivity index (χ3n) is 15.4. The maximum Gasteiger partial charge on any atom is 0.400 e. The summed E-state index contributed by atoms with van der Waals surface area (Å²) in [5, 5.41) is 0. The van der Waals surface area contributed by atoms with Crippen LogP contribution in [0.15, 0.2) is 158 Å². The zero-order valence-electron chi connectivity index (χ0n) is 47.4. The largest absolute Gasteiger partial charge is 0.497 e. The van der Waals surface area contributed by atoms with Crippen molar-refractivity contribution >= 4 is 0 Å². The van der Waals surface area contributed by atoms with Crippen LogP contribution in [0.1, 0.15) is 61.1 Å². The number of aryl methyl sites for hydroxylation is 2. The number of ether oxygens (including phenoxy) is 6. The van der Waals surface area contributed by atoms with Crippen molar-refractivity contribution in [2.45, 2.75) is 91.7 Å². The summed E-state index contributed by atoms with van der Waals surface area (Å²) in [6.07, 6.45) is -12.0. The predicted octanol–water partition coefficient (Wildman–Crippen LogP) is 19.0. The van der Waals surface area contributed by atoms with Gasteiger partial charge in [-0.15, -0.1) is 0 Å². The van der Waals surface area contributed by atoms with Gasteiger partial charge in [-0.2, -0.15) is 35.1 Å². The van der Waals surface area contributed by atoms with Crippen molar-refractivity contribution in [3.63, 3.8) is 0 Å². The van der Waals surface area contributed by atoms with Gasteiger partial charge in [-0.05, 0) is 132 Å². The van der Waals surface area contributed by atoms with Gasteiger partial charge in [0, 0.05) is 11.1 Å². The molecule has 8 aromatic carbocycles. The van der Waals surface area contributed by atoms with Crippen molar-refractivity contribution in [3.05, 3.63) is 203 Å². The predicted molar refractivity (Wildman–Crippen MR) is 304 cm³/mol. The molecule has 0 saturated carbocycles. The molecule has 12 rings (SSSR count). The Balaban J connectivity index is 0.000000134. The molecule has 4 aliphatic rings. The van der Waals surface area contributed by atoms with Crippen molar-refractivity contribution < 1.29 is 72.3 Å². The van der Waals surface area contributed by atoms with Gasteiger partial charge in [0.1, 0.15) is 23.0 Å². The average molecular weight is 1170 g/mol. The van der Waals surface area contributed by atoms with E-state index in [1.807, 2.05) is 98.8 Å². The van der Waals surface area contributed by atoms with E-state index in [1.54, 1.807) is 79.9 Å². The molecule has 0 fully saturated rings. The van der Waals surface area contributed by atoms with Gasteiger partial charge in [0.15, 0.2) is 23.1 Å². The van der Waals surface area contributed by atoms with Crippen LogP contribution in [-0.4, -0.2) is 38.7 Å². The molecular formula is C68H62F10O6. The van der Waals surface area contributed by atoms with E-state index < -0.39 is 59.7 Å². The van der Waals surface area contributed by atoms with Crippen LogP contribution in [-0.2, 0) is 25.7 Å². The maximum atomic E-state index is 14.6. The minimum absolute atomic E-state index is 0.0855. The van der Waals surface area contributed by atoms with E-state index in [9.17, 15) is 43.9 Å². The Morgan fingerprint density at radius 3 is 0.964 bits per heavy atom. The Morgan fingerprint density at radius 1 is 0.345 bits per heavy atom. The Kier molecular flexibility index (Phi) is 17.4. The van der Waals surface area contributed by atoms with Crippen LogP contribution >= 0.6 is 0 Å². The lowest BCUT2D eigenvalue weighted by atomic mass is 9.93. The molecule has 0 aliphatic carbocycles. The smallest absolute Gasteiger partial charge is 0.400 e. The Bertz CT molecular complexity index is 3610. The average Bonchev–Trinajstić information content (AvgIpc) is 1.46. The first-order valence-corrected chi connectivity index (χ1v) is 27.3. The summed E-state index contributed by atoms with van der Waals surface area (Å²) >= 11 is 0. The molecule has 4 heterocycles. The highest BCUT2D eigenvalue weighted by Gasteiger charge is 2.47. The SMILES string of the molecule is COc1ccc(-c2ccc3c(c2)OC(F)(F)C(C)C3)cc1.COc1ccc(-c2ccc3c(c2F)OC(F)(F)C(C)C3)cc1.Cc1ccc(-c2ccc3c(c2)OC(F)(F)C(C)C3)cc1.Cc1ccc(-c2ccc3c(c2F)OC(F)(F)C(C)C3)cc1. The molecule has 6 nitrogen and oxygen atoms in total. The van der Waals surface area contributed by atoms with Crippen LogP contribution in [0.25, 0.3) is 44.5 Å². The van der Waals surface area contributed by atoms with Gasteiger partial charge < -0.3 is 28.4 Å². The third kappa shape index (κ3) is 13.3. The van der Waals surface area contributed by atoms with E-state index in [0.717, 1.165) is 44.7 Å². The molecule has 0 bridgehead atoms.